The first kappa shape index (κ1) is 13.9. The summed E-state index contributed by atoms with van der Waals surface area (Å²) in [6.07, 6.45) is 4.48. The van der Waals surface area contributed by atoms with E-state index in [0.717, 1.165) is 26.1 Å². The first-order valence-corrected chi connectivity index (χ1v) is 8.01. The predicted molar refractivity (Wildman–Crippen MR) is 67.5 cm³/mol. The SMILES string of the molecule is CN(C)C1CCN(CCCS(C)(=O)=O)CC1. The third kappa shape index (κ3) is 5.27. The normalized spacial score (nSPS) is 20.5. The highest BCUT2D eigenvalue weighted by atomic mass is 32.2. The molecule has 1 aliphatic heterocycles. The van der Waals surface area contributed by atoms with Crippen molar-refractivity contribution in [2.45, 2.75) is 25.3 Å². The second kappa shape index (κ2) is 5.98. The Labute approximate surface area is 99.5 Å². The van der Waals surface area contributed by atoms with Crippen LogP contribution in [0.1, 0.15) is 19.3 Å². The summed E-state index contributed by atoms with van der Waals surface area (Å²) in [7, 11) is 1.47. The molecule has 1 aliphatic rings. The zero-order valence-corrected chi connectivity index (χ0v) is 11.5. The molecule has 0 radical (unpaired) electrons. The summed E-state index contributed by atoms with van der Waals surface area (Å²) in [5.41, 5.74) is 0. The minimum atomic E-state index is -2.78. The topological polar surface area (TPSA) is 40.6 Å². The van der Waals surface area contributed by atoms with Crippen LogP contribution in [0.2, 0.25) is 0 Å². The van der Waals surface area contributed by atoms with Gasteiger partial charge in [0.05, 0.1) is 5.75 Å². The largest absolute Gasteiger partial charge is 0.306 e. The lowest BCUT2D eigenvalue weighted by atomic mass is 10.0. The number of likely N-dealkylation sites (tertiary alicyclic amines) is 1. The highest BCUT2D eigenvalue weighted by Crippen LogP contribution is 2.14. The average molecular weight is 248 g/mol. The van der Waals surface area contributed by atoms with E-state index in [2.05, 4.69) is 23.9 Å². The van der Waals surface area contributed by atoms with Crippen LogP contribution in [0.3, 0.4) is 0 Å². The Morgan fingerprint density at radius 1 is 1.25 bits per heavy atom. The van der Waals surface area contributed by atoms with E-state index in [1.165, 1.54) is 19.1 Å². The number of hydrogen-bond donors (Lipinski definition) is 0. The molecular formula is C11H24N2O2S. The first-order valence-electron chi connectivity index (χ1n) is 5.95. The Morgan fingerprint density at radius 2 is 1.81 bits per heavy atom. The zero-order valence-electron chi connectivity index (χ0n) is 10.6. The molecule has 0 bridgehead atoms. The lowest BCUT2D eigenvalue weighted by Gasteiger charge is -2.35. The maximum Gasteiger partial charge on any atom is 0.147 e. The molecule has 1 rings (SSSR count). The van der Waals surface area contributed by atoms with Gasteiger partial charge in [-0.25, -0.2) is 8.42 Å². The van der Waals surface area contributed by atoms with Crippen LogP contribution < -0.4 is 0 Å². The van der Waals surface area contributed by atoms with Crippen molar-refractivity contribution in [1.29, 1.82) is 0 Å². The van der Waals surface area contributed by atoms with Crippen LogP contribution >= 0.6 is 0 Å². The van der Waals surface area contributed by atoms with E-state index in [9.17, 15) is 8.42 Å². The van der Waals surface area contributed by atoms with Gasteiger partial charge in [0.25, 0.3) is 0 Å². The summed E-state index contributed by atoms with van der Waals surface area (Å²) in [5, 5.41) is 0. The number of hydrogen-bond acceptors (Lipinski definition) is 4. The molecule has 5 heteroatoms. The van der Waals surface area contributed by atoms with Gasteiger partial charge in [0.2, 0.25) is 0 Å². The minimum Gasteiger partial charge on any atom is -0.306 e. The van der Waals surface area contributed by atoms with Crippen molar-refractivity contribution in [2.24, 2.45) is 0 Å². The summed E-state index contributed by atoms with van der Waals surface area (Å²) < 4.78 is 22.0. The van der Waals surface area contributed by atoms with E-state index in [1.54, 1.807) is 0 Å². The molecule has 0 aromatic rings. The Balaban J connectivity index is 2.18. The van der Waals surface area contributed by atoms with Gasteiger partial charge in [-0.3, -0.25) is 0 Å². The van der Waals surface area contributed by atoms with E-state index in [1.807, 2.05) is 0 Å². The highest BCUT2D eigenvalue weighted by Gasteiger charge is 2.20. The van der Waals surface area contributed by atoms with Crippen LogP contribution in [0.4, 0.5) is 0 Å². The fraction of sp³-hybridized carbons (Fsp3) is 1.00. The van der Waals surface area contributed by atoms with Crippen LogP contribution in [0.15, 0.2) is 0 Å². The third-order valence-electron chi connectivity index (χ3n) is 3.28. The van der Waals surface area contributed by atoms with Crippen molar-refractivity contribution in [3.63, 3.8) is 0 Å². The average Bonchev–Trinajstić information content (AvgIpc) is 2.16. The smallest absolute Gasteiger partial charge is 0.147 e. The van der Waals surface area contributed by atoms with Gasteiger partial charge in [0, 0.05) is 12.3 Å². The molecule has 96 valence electrons. The minimum absolute atomic E-state index is 0.320. The van der Waals surface area contributed by atoms with Crippen LogP contribution in [0, 0.1) is 0 Å². The van der Waals surface area contributed by atoms with Crippen molar-refractivity contribution >= 4 is 9.84 Å². The summed E-state index contributed by atoms with van der Waals surface area (Å²) in [6.45, 7) is 3.13. The number of sulfone groups is 1. The molecule has 4 nitrogen and oxygen atoms in total. The summed E-state index contributed by atoms with van der Waals surface area (Å²) >= 11 is 0. The number of nitrogens with zero attached hydrogens (tertiary/aromatic N) is 2. The summed E-state index contributed by atoms with van der Waals surface area (Å²) in [5.74, 6) is 0.320. The fourth-order valence-electron chi connectivity index (χ4n) is 2.21. The Morgan fingerprint density at radius 3 is 2.25 bits per heavy atom. The van der Waals surface area contributed by atoms with Gasteiger partial charge in [-0.1, -0.05) is 0 Å². The van der Waals surface area contributed by atoms with E-state index in [0.29, 0.717) is 11.8 Å². The molecule has 0 atom stereocenters. The van der Waals surface area contributed by atoms with Crippen molar-refractivity contribution in [3.8, 4) is 0 Å². The standard InChI is InChI=1S/C11H24N2O2S/c1-12(2)11-5-8-13(9-6-11)7-4-10-16(3,14)15/h11H,4-10H2,1-3H3. The van der Waals surface area contributed by atoms with Gasteiger partial charge in [0.15, 0.2) is 0 Å². The Bertz CT molecular complexity index is 293. The van der Waals surface area contributed by atoms with Crippen molar-refractivity contribution < 1.29 is 8.42 Å². The molecule has 1 saturated heterocycles. The van der Waals surface area contributed by atoms with Crippen LogP contribution in [0.25, 0.3) is 0 Å². The van der Waals surface area contributed by atoms with Gasteiger partial charge in [-0.05, 0) is 53.0 Å². The third-order valence-corrected chi connectivity index (χ3v) is 4.31. The molecule has 0 N–H and O–H groups in total. The zero-order chi connectivity index (χ0) is 12.2. The lowest BCUT2D eigenvalue weighted by Crippen LogP contribution is -2.42. The van der Waals surface area contributed by atoms with Gasteiger partial charge >= 0.3 is 0 Å². The molecule has 1 heterocycles. The van der Waals surface area contributed by atoms with Gasteiger partial charge < -0.3 is 9.80 Å². The van der Waals surface area contributed by atoms with E-state index < -0.39 is 9.84 Å². The summed E-state index contributed by atoms with van der Waals surface area (Å²) in [4.78, 5) is 4.67. The molecule has 0 aromatic heterocycles. The Kier molecular flexibility index (Phi) is 5.21. The van der Waals surface area contributed by atoms with Crippen molar-refractivity contribution in [1.82, 2.24) is 9.80 Å². The van der Waals surface area contributed by atoms with E-state index in [4.69, 9.17) is 0 Å². The molecule has 16 heavy (non-hydrogen) atoms. The van der Waals surface area contributed by atoms with Gasteiger partial charge in [-0.2, -0.15) is 0 Å². The summed E-state index contributed by atoms with van der Waals surface area (Å²) in [6, 6.07) is 0.700. The number of piperidine rings is 1. The van der Waals surface area contributed by atoms with Crippen molar-refractivity contribution in [2.75, 3.05) is 45.7 Å². The van der Waals surface area contributed by atoms with Gasteiger partial charge in [-0.15, -0.1) is 0 Å². The molecule has 0 aliphatic carbocycles. The maximum atomic E-state index is 11.0. The van der Waals surface area contributed by atoms with Crippen LogP contribution in [-0.2, 0) is 9.84 Å². The van der Waals surface area contributed by atoms with Crippen molar-refractivity contribution in [3.05, 3.63) is 0 Å². The predicted octanol–water partition coefficient (Wildman–Crippen LogP) is 0.447. The Hall–Kier alpha value is -0.130. The van der Waals surface area contributed by atoms with E-state index in [-0.39, 0.29) is 0 Å². The second-order valence-corrected chi connectivity index (χ2v) is 7.28. The molecule has 0 amide bonds. The maximum absolute atomic E-state index is 11.0. The monoisotopic (exact) mass is 248 g/mol. The molecule has 1 fully saturated rings. The van der Waals surface area contributed by atoms with Gasteiger partial charge in [0.1, 0.15) is 9.84 Å². The first-order chi connectivity index (χ1) is 7.38. The van der Waals surface area contributed by atoms with E-state index >= 15 is 0 Å². The highest BCUT2D eigenvalue weighted by molar-refractivity contribution is 7.90. The second-order valence-electron chi connectivity index (χ2n) is 5.02. The quantitative estimate of drug-likeness (QED) is 0.708. The molecule has 0 aromatic carbocycles. The molecule has 0 unspecified atom stereocenters. The molecule has 0 spiro atoms. The van der Waals surface area contributed by atoms with Crippen LogP contribution in [0.5, 0.6) is 0 Å². The number of rotatable bonds is 5. The fourth-order valence-corrected chi connectivity index (χ4v) is 2.86. The molecular weight excluding hydrogens is 224 g/mol. The van der Waals surface area contributed by atoms with Crippen LogP contribution in [-0.4, -0.2) is 70.0 Å². The molecule has 0 saturated carbocycles. The lowest BCUT2D eigenvalue weighted by molar-refractivity contribution is 0.145.